The number of hydrogen-bond acceptors (Lipinski definition) is 11. The van der Waals surface area contributed by atoms with E-state index in [1.165, 1.54) is 18.6 Å². The van der Waals surface area contributed by atoms with Crippen LogP contribution in [0.2, 0.25) is 0 Å². The molecule has 1 saturated heterocycles. The van der Waals surface area contributed by atoms with Gasteiger partial charge in [-0.05, 0) is 42.2 Å². The number of aryl methyl sites for hydroxylation is 2. The number of benzene rings is 2. The molecule has 5 atom stereocenters. The molecule has 0 radical (unpaired) electrons. The third-order valence-electron chi connectivity index (χ3n) is 6.72. The van der Waals surface area contributed by atoms with Crippen LogP contribution in [-0.2, 0) is 55.7 Å². The second kappa shape index (κ2) is 14.6. The second-order valence-electron chi connectivity index (χ2n) is 10.2. The third kappa shape index (κ3) is 9.02. The average molecular weight is 600 g/mol. The van der Waals surface area contributed by atoms with Gasteiger partial charge in [-0.2, -0.15) is 0 Å². The van der Waals surface area contributed by atoms with Gasteiger partial charge in [-0.25, -0.2) is 0 Å². The molecule has 3 rings (SSSR count). The number of amides is 1. The quantitative estimate of drug-likeness (QED) is 0.298. The van der Waals surface area contributed by atoms with Gasteiger partial charge >= 0.3 is 23.9 Å². The van der Waals surface area contributed by atoms with Crippen LogP contribution in [0.1, 0.15) is 67.2 Å². The molecule has 1 amide bonds. The molecule has 1 fully saturated rings. The standard InChI is InChI=1S/C31H37NO11/c1-7-21-8-10-22(11-9-21)13-24-16(2)12-23(30(32)37)14-25(24)42-31-29(41-20(6)36)28(40-19(5)35)27(39-18(4)34)26(43-31)15-38-17(3)33/h8-12,14,26-29,31H,7,13,15H2,1-6H3,(H2,32,37)/t26-,27-,28+,29-,31-/m1/s1. The summed E-state index contributed by atoms with van der Waals surface area (Å²) in [6.07, 6.45) is -5.56. The average Bonchev–Trinajstić information content (AvgIpc) is 2.92. The van der Waals surface area contributed by atoms with E-state index in [0.29, 0.717) is 17.5 Å². The summed E-state index contributed by atoms with van der Waals surface area (Å²) in [7, 11) is 0. The van der Waals surface area contributed by atoms with Crippen LogP contribution in [0.15, 0.2) is 36.4 Å². The van der Waals surface area contributed by atoms with Crippen LogP contribution >= 0.6 is 0 Å². The van der Waals surface area contributed by atoms with E-state index in [1.54, 1.807) is 13.0 Å². The SMILES string of the molecule is CCc1ccc(Cc2c(C)cc(C(N)=O)cc2O[C@@H]2O[C@H](COC(C)=O)[C@@H](OC(C)=O)[C@H](OC(C)=O)[C@H]2OC(C)=O)cc1. The summed E-state index contributed by atoms with van der Waals surface area (Å²) in [5, 5.41) is 0. The van der Waals surface area contributed by atoms with Crippen molar-refractivity contribution in [1.29, 1.82) is 0 Å². The highest BCUT2D eigenvalue weighted by atomic mass is 16.7. The minimum Gasteiger partial charge on any atom is -0.463 e. The van der Waals surface area contributed by atoms with Crippen molar-refractivity contribution in [3.63, 3.8) is 0 Å². The molecule has 12 nitrogen and oxygen atoms in total. The number of carbonyl (C=O) groups excluding carboxylic acids is 5. The first-order chi connectivity index (χ1) is 20.3. The molecule has 0 aliphatic carbocycles. The summed E-state index contributed by atoms with van der Waals surface area (Å²) in [6, 6.07) is 11.1. The summed E-state index contributed by atoms with van der Waals surface area (Å²) in [6.45, 7) is 8.02. The maximum atomic E-state index is 12.2. The lowest BCUT2D eigenvalue weighted by molar-refractivity contribution is -0.288. The molecule has 0 unspecified atom stereocenters. The molecule has 0 aromatic heterocycles. The van der Waals surface area contributed by atoms with Crippen molar-refractivity contribution in [2.75, 3.05) is 6.61 Å². The van der Waals surface area contributed by atoms with E-state index < -0.39 is 67.1 Å². The summed E-state index contributed by atoms with van der Waals surface area (Å²) in [5.41, 5.74) is 9.25. The minimum absolute atomic E-state index is 0.156. The normalized spacial score (nSPS) is 21.3. The van der Waals surface area contributed by atoms with Crippen LogP contribution in [0.3, 0.4) is 0 Å². The molecule has 1 aliphatic heterocycles. The monoisotopic (exact) mass is 599 g/mol. The van der Waals surface area contributed by atoms with Crippen LogP contribution in [0.4, 0.5) is 0 Å². The molecule has 0 spiro atoms. The fourth-order valence-electron chi connectivity index (χ4n) is 4.76. The van der Waals surface area contributed by atoms with Crippen molar-refractivity contribution < 1.29 is 52.4 Å². The molecule has 2 aromatic carbocycles. The Bertz CT molecular complexity index is 1350. The molecule has 12 heteroatoms. The zero-order valence-corrected chi connectivity index (χ0v) is 25.0. The topological polar surface area (TPSA) is 167 Å². The van der Waals surface area contributed by atoms with Gasteiger partial charge < -0.3 is 34.2 Å². The smallest absolute Gasteiger partial charge is 0.303 e. The Morgan fingerprint density at radius 2 is 1.35 bits per heavy atom. The molecule has 0 bridgehead atoms. The van der Waals surface area contributed by atoms with Crippen molar-refractivity contribution >= 4 is 29.8 Å². The van der Waals surface area contributed by atoms with E-state index >= 15 is 0 Å². The van der Waals surface area contributed by atoms with Crippen LogP contribution in [-0.4, -0.2) is 67.1 Å². The Morgan fingerprint density at radius 1 is 0.791 bits per heavy atom. The molecule has 2 aromatic rings. The lowest BCUT2D eigenvalue weighted by Crippen LogP contribution is -2.63. The highest BCUT2D eigenvalue weighted by molar-refractivity contribution is 5.93. The maximum Gasteiger partial charge on any atom is 0.303 e. The highest BCUT2D eigenvalue weighted by Gasteiger charge is 2.53. The van der Waals surface area contributed by atoms with E-state index in [9.17, 15) is 24.0 Å². The van der Waals surface area contributed by atoms with Crippen molar-refractivity contribution in [1.82, 2.24) is 0 Å². The molecule has 43 heavy (non-hydrogen) atoms. The number of ether oxygens (including phenoxy) is 6. The Balaban J connectivity index is 2.12. The van der Waals surface area contributed by atoms with Crippen molar-refractivity contribution in [3.8, 4) is 5.75 Å². The maximum absolute atomic E-state index is 12.2. The van der Waals surface area contributed by atoms with Gasteiger partial charge in [0.1, 0.15) is 18.5 Å². The zero-order valence-electron chi connectivity index (χ0n) is 25.0. The molecule has 0 saturated carbocycles. The summed E-state index contributed by atoms with van der Waals surface area (Å²) in [5.74, 6) is -3.44. The summed E-state index contributed by atoms with van der Waals surface area (Å²) >= 11 is 0. The fourth-order valence-corrected chi connectivity index (χ4v) is 4.76. The highest BCUT2D eigenvalue weighted by Crippen LogP contribution is 2.34. The van der Waals surface area contributed by atoms with Crippen molar-refractivity contribution in [3.05, 3.63) is 64.2 Å². The number of rotatable bonds is 11. The first-order valence-corrected chi connectivity index (χ1v) is 13.8. The Hall–Kier alpha value is -4.45. The van der Waals surface area contributed by atoms with Gasteiger partial charge in [0, 0.05) is 45.2 Å². The molecular weight excluding hydrogens is 562 g/mol. The molecule has 232 valence electrons. The van der Waals surface area contributed by atoms with Crippen molar-refractivity contribution in [2.24, 2.45) is 5.73 Å². The van der Waals surface area contributed by atoms with E-state index in [4.69, 9.17) is 34.2 Å². The fraction of sp³-hybridized carbons (Fsp3) is 0.452. The van der Waals surface area contributed by atoms with Crippen LogP contribution in [0.5, 0.6) is 5.75 Å². The van der Waals surface area contributed by atoms with E-state index in [-0.39, 0.29) is 11.3 Å². The molecule has 1 heterocycles. The number of nitrogens with two attached hydrogens (primary N) is 1. The zero-order chi connectivity index (χ0) is 31.8. The molecular formula is C31H37NO11. The van der Waals surface area contributed by atoms with Gasteiger partial charge in [-0.15, -0.1) is 0 Å². The third-order valence-corrected chi connectivity index (χ3v) is 6.72. The van der Waals surface area contributed by atoms with E-state index in [1.807, 2.05) is 24.3 Å². The minimum atomic E-state index is -1.47. The molecule has 1 aliphatic rings. The molecule has 2 N–H and O–H groups in total. The van der Waals surface area contributed by atoms with Crippen LogP contribution < -0.4 is 10.5 Å². The summed E-state index contributed by atoms with van der Waals surface area (Å²) in [4.78, 5) is 60.2. The number of carbonyl (C=O) groups is 5. The lowest BCUT2D eigenvalue weighted by Gasteiger charge is -2.44. The van der Waals surface area contributed by atoms with Gasteiger partial charge in [-0.3, -0.25) is 24.0 Å². The number of hydrogen-bond donors (Lipinski definition) is 1. The predicted molar refractivity (Wildman–Crippen MR) is 151 cm³/mol. The largest absolute Gasteiger partial charge is 0.463 e. The van der Waals surface area contributed by atoms with Gasteiger partial charge in [0.05, 0.1) is 0 Å². The van der Waals surface area contributed by atoms with Gasteiger partial charge in [0.15, 0.2) is 12.2 Å². The van der Waals surface area contributed by atoms with Crippen LogP contribution in [0.25, 0.3) is 0 Å². The van der Waals surface area contributed by atoms with Crippen LogP contribution in [0, 0.1) is 6.92 Å². The van der Waals surface area contributed by atoms with E-state index in [2.05, 4.69) is 6.92 Å². The first kappa shape index (κ1) is 33.1. The summed E-state index contributed by atoms with van der Waals surface area (Å²) < 4.78 is 33.9. The predicted octanol–water partition coefficient (Wildman–Crippen LogP) is 2.71. The van der Waals surface area contributed by atoms with Gasteiger partial charge in [0.25, 0.3) is 0 Å². The lowest BCUT2D eigenvalue weighted by atomic mass is 9.95. The second-order valence-corrected chi connectivity index (χ2v) is 10.2. The van der Waals surface area contributed by atoms with E-state index in [0.717, 1.165) is 32.8 Å². The number of esters is 4. The number of primary amides is 1. The Morgan fingerprint density at radius 3 is 1.88 bits per heavy atom. The first-order valence-electron chi connectivity index (χ1n) is 13.8. The Kier molecular flexibility index (Phi) is 11.2. The van der Waals surface area contributed by atoms with Crippen molar-refractivity contribution in [2.45, 2.75) is 85.1 Å². The van der Waals surface area contributed by atoms with Gasteiger partial charge in [0.2, 0.25) is 18.3 Å². The Labute approximate surface area is 249 Å². The van der Waals surface area contributed by atoms with Gasteiger partial charge in [-0.1, -0.05) is 31.2 Å².